The summed E-state index contributed by atoms with van der Waals surface area (Å²) in [5.74, 6) is 1.31. The number of amides is 1. The predicted molar refractivity (Wildman–Crippen MR) is 105 cm³/mol. The van der Waals surface area contributed by atoms with E-state index in [2.05, 4.69) is 0 Å². The monoisotopic (exact) mass is 369 g/mol. The highest BCUT2D eigenvalue weighted by atomic mass is 16.5. The Hall–Kier alpha value is -2.82. The summed E-state index contributed by atoms with van der Waals surface area (Å²) in [7, 11) is 3.19. The van der Waals surface area contributed by atoms with Gasteiger partial charge in [-0.05, 0) is 56.7 Å². The van der Waals surface area contributed by atoms with E-state index in [1.54, 1.807) is 32.4 Å². The minimum absolute atomic E-state index is 0.0215. The molecule has 1 amide bonds. The van der Waals surface area contributed by atoms with Gasteiger partial charge in [-0.25, -0.2) is 0 Å². The molecule has 2 rings (SSSR count). The fraction of sp³-hybridized carbons (Fsp3) is 0.364. The van der Waals surface area contributed by atoms with E-state index in [0.29, 0.717) is 23.4 Å². The third-order valence-electron chi connectivity index (χ3n) is 4.73. The van der Waals surface area contributed by atoms with Crippen molar-refractivity contribution in [1.82, 2.24) is 4.90 Å². The van der Waals surface area contributed by atoms with Gasteiger partial charge in [-0.1, -0.05) is 12.1 Å². The number of nitrogens with zero attached hydrogens (tertiary/aromatic N) is 1. The van der Waals surface area contributed by atoms with E-state index in [0.717, 1.165) is 11.3 Å². The first kappa shape index (κ1) is 20.5. The van der Waals surface area contributed by atoms with E-state index in [1.807, 2.05) is 43.0 Å². The SMILES string of the molecule is CCN(C(=O)Cc1cc(C(C)=O)ccc1OC)C(C)c1cccc(OC)c1. The largest absolute Gasteiger partial charge is 0.497 e. The number of rotatable bonds is 8. The molecule has 0 spiro atoms. The number of ketones is 1. The lowest BCUT2D eigenvalue weighted by atomic mass is 10.0. The number of benzene rings is 2. The van der Waals surface area contributed by atoms with Crippen molar-refractivity contribution in [1.29, 1.82) is 0 Å². The van der Waals surface area contributed by atoms with E-state index >= 15 is 0 Å². The molecule has 0 saturated carbocycles. The first-order valence-corrected chi connectivity index (χ1v) is 9.02. The van der Waals surface area contributed by atoms with E-state index in [-0.39, 0.29) is 24.2 Å². The Bertz CT molecular complexity index is 816. The Morgan fingerprint density at radius 1 is 1.07 bits per heavy atom. The summed E-state index contributed by atoms with van der Waals surface area (Å²) in [5.41, 5.74) is 2.29. The number of carbonyl (C=O) groups is 2. The van der Waals surface area contributed by atoms with E-state index < -0.39 is 0 Å². The first-order chi connectivity index (χ1) is 12.9. The highest BCUT2D eigenvalue weighted by Gasteiger charge is 2.22. The Labute approximate surface area is 160 Å². The molecule has 0 bridgehead atoms. The van der Waals surface area contributed by atoms with Crippen LogP contribution < -0.4 is 9.47 Å². The van der Waals surface area contributed by atoms with Gasteiger partial charge in [-0.3, -0.25) is 9.59 Å². The van der Waals surface area contributed by atoms with Gasteiger partial charge in [0.15, 0.2) is 5.78 Å². The van der Waals surface area contributed by atoms with Crippen molar-refractivity contribution in [3.63, 3.8) is 0 Å². The molecule has 2 aromatic carbocycles. The maximum absolute atomic E-state index is 13.0. The van der Waals surface area contributed by atoms with Crippen molar-refractivity contribution in [2.75, 3.05) is 20.8 Å². The molecule has 1 unspecified atom stereocenters. The zero-order valence-electron chi connectivity index (χ0n) is 16.6. The molecule has 27 heavy (non-hydrogen) atoms. The molecule has 0 N–H and O–H groups in total. The fourth-order valence-electron chi connectivity index (χ4n) is 3.15. The molecule has 0 aliphatic carbocycles. The Morgan fingerprint density at radius 3 is 2.41 bits per heavy atom. The number of ether oxygens (including phenoxy) is 2. The van der Waals surface area contributed by atoms with Gasteiger partial charge in [0.25, 0.3) is 0 Å². The average Bonchev–Trinajstić information content (AvgIpc) is 2.68. The first-order valence-electron chi connectivity index (χ1n) is 9.02. The van der Waals surface area contributed by atoms with Gasteiger partial charge in [0.05, 0.1) is 26.7 Å². The molecule has 144 valence electrons. The van der Waals surface area contributed by atoms with Crippen LogP contribution in [0, 0.1) is 0 Å². The van der Waals surface area contributed by atoms with Gasteiger partial charge in [0, 0.05) is 17.7 Å². The number of Topliss-reactive ketones (excluding diaryl/α,β-unsaturated/α-hetero) is 1. The molecule has 1 atom stereocenters. The molecule has 0 aliphatic rings. The van der Waals surface area contributed by atoms with Crippen LogP contribution in [-0.2, 0) is 11.2 Å². The van der Waals surface area contributed by atoms with Crippen LogP contribution in [0.4, 0.5) is 0 Å². The lowest BCUT2D eigenvalue weighted by Gasteiger charge is -2.29. The lowest BCUT2D eigenvalue weighted by Crippen LogP contribution is -2.34. The van der Waals surface area contributed by atoms with Crippen LogP contribution in [0.5, 0.6) is 11.5 Å². The molecule has 5 heteroatoms. The van der Waals surface area contributed by atoms with Crippen LogP contribution in [-0.4, -0.2) is 37.4 Å². The van der Waals surface area contributed by atoms with Crippen LogP contribution in [0.25, 0.3) is 0 Å². The fourth-order valence-corrected chi connectivity index (χ4v) is 3.15. The molecule has 2 aromatic rings. The van der Waals surface area contributed by atoms with Crippen molar-refractivity contribution in [3.05, 3.63) is 59.2 Å². The summed E-state index contributed by atoms with van der Waals surface area (Å²) in [6.45, 7) is 6.04. The Morgan fingerprint density at radius 2 is 1.81 bits per heavy atom. The Kier molecular flexibility index (Phi) is 6.99. The summed E-state index contributed by atoms with van der Waals surface area (Å²) in [6.07, 6.45) is 0.173. The minimum Gasteiger partial charge on any atom is -0.497 e. The van der Waals surface area contributed by atoms with Gasteiger partial charge >= 0.3 is 0 Å². The van der Waals surface area contributed by atoms with Crippen molar-refractivity contribution < 1.29 is 19.1 Å². The summed E-state index contributed by atoms with van der Waals surface area (Å²) < 4.78 is 10.7. The average molecular weight is 369 g/mol. The predicted octanol–water partition coefficient (Wildman–Crippen LogP) is 4.06. The molecule has 0 aliphatic heterocycles. The molecule has 5 nitrogen and oxygen atoms in total. The van der Waals surface area contributed by atoms with E-state index in [4.69, 9.17) is 9.47 Å². The summed E-state index contributed by atoms with van der Waals surface area (Å²) >= 11 is 0. The third-order valence-corrected chi connectivity index (χ3v) is 4.73. The van der Waals surface area contributed by atoms with E-state index in [9.17, 15) is 9.59 Å². The van der Waals surface area contributed by atoms with Crippen molar-refractivity contribution >= 4 is 11.7 Å². The molecule has 0 radical (unpaired) electrons. The molecule has 0 saturated heterocycles. The van der Waals surface area contributed by atoms with Crippen LogP contribution in [0.1, 0.15) is 48.3 Å². The summed E-state index contributed by atoms with van der Waals surface area (Å²) in [4.78, 5) is 26.5. The standard InChI is InChI=1S/C22H27NO4/c1-6-23(15(2)17-8-7-9-20(13-17)26-4)22(25)14-19-12-18(16(3)24)10-11-21(19)27-5/h7-13,15H,6,14H2,1-5H3. The van der Waals surface area contributed by atoms with E-state index in [1.165, 1.54) is 6.92 Å². The van der Waals surface area contributed by atoms with Crippen molar-refractivity contribution in [2.24, 2.45) is 0 Å². The third kappa shape index (κ3) is 4.88. The molecule has 0 aromatic heterocycles. The van der Waals surface area contributed by atoms with Crippen LogP contribution in [0.15, 0.2) is 42.5 Å². The number of methoxy groups -OCH3 is 2. The summed E-state index contributed by atoms with van der Waals surface area (Å²) in [5, 5.41) is 0. The highest BCUT2D eigenvalue weighted by Crippen LogP contribution is 2.26. The van der Waals surface area contributed by atoms with Crippen molar-refractivity contribution in [3.8, 4) is 11.5 Å². The molecule has 0 heterocycles. The topological polar surface area (TPSA) is 55.8 Å². The highest BCUT2D eigenvalue weighted by molar-refractivity contribution is 5.94. The second-order valence-electron chi connectivity index (χ2n) is 6.39. The van der Waals surface area contributed by atoms with Crippen LogP contribution >= 0.6 is 0 Å². The zero-order valence-corrected chi connectivity index (χ0v) is 16.6. The second-order valence-corrected chi connectivity index (χ2v) is 6.39. The normalized spacial score (nSPS) is 11.6. The van der Waals surface area contributed by atoms with Gasteiger partial charge in [-0.2, -0.15) is 0 Å². The zero-order chi connectivity index (χ0) is 20.0. The number of likely N-dealkylation sites (N-methyl/N-ethyl adjacent to an activating group) is 1. The summed E-state index contributed by atoms with van der Waals surface area (Å²) in [6, 6.07) is 12.8. The minimum atomic E-state index is -0.0976. The smallest absolute Gasteiger partial charge is 0.227 e. The lowest BCUT2D eigenvalue weighted by molar-refractivity contribution is -0.132. The molecular formula is C22H27NO4. The van der Waals surface area contributed by atoms with Crippen molar-refractivity contribution in [2.45, 2.75) is 33.2 Å². The maximum atomic E-state index is 13.0. The quantitative estimate of drug-likeness (QED) is 0.659. The van der Waals surface area contributed by atoms with Gasteiger partial charge in [0.1, 0.15) is 11.5 Å². The van der Waals surface area contributed by atoms with Gasteiger partial charge in [0.2, 0.25) is 5.91 Å². The number of carbonyl (C=O) groups excluding carboxylic acids is 2. The van der Waals surface area contributed by atoms with Gasteiger partial charge in [-0.15, -0.1) is 0 Å². The van der Waals surface area contributed by atoms with Crippen LogP contribution in [0.3, 0.4) is 0 Å². The molecular weight excluding hydrogens is 342 g/mol. The second kappa shape index (κ2) is 9.21. The number of hydrogen-bond donors (Lipinski definition) is 0. The Balaban J connectivity index is 2.26. The number of hydrogen-bond acceptors (Lipinski definition) is 4. The molecule has 0 fully saturated rings. The van der Waals surface area contributed by atoms with Crippen LogP contribution in [0.2, 0.25) is 0 Å². The van der Waals surface area contributed by atoms with Gasteiger partial charge < -0.3 is 14.4 Å². The maximum Gasteiger partial charge on any atom is 0.227 e.